The molecule has 2 aromatic carbocycles. The van der Waals surface area contributed by atoms with Crippen molar-refractivity contribution < 1.29 is 22.0 Å². The number of amides is 1. The third-order valence-electron chi connectivity index (χ3n) is 3.11. The second-order valence-corrected chi connectivity index (χ2v) is 7.31. The van der Waals surface area contributed by atoms with E-state index in [1.165, 1.54) is 31.2 Å². The van der Waals surface area contributed by atoms with Crippen LogP contribution in [0.25, 0.3) is 0 Å². The molecule has 0 aromatic heterocycles. The Bertz CT molecular complexity index is 852. The average Bonchev–Trinajstić information content (AvgIpc) is 2.51. The van der Waals surface area contributed by atoms with Crippen molar-refractivity contribution in [3.8, 4) is 0 Å². The molecule has 23 heavy (non-hydrogen) atoms. The van der Waals surface area contributed by atoms with Crippen LogP contribution < -0.4 is 5.32 Å². The molecule has 2 aromatic rings. The Morgan fingerprint density at radius 2 is 1.70 bits per heavy atom. The molecule has 0 aliphatic heterocycles. The molecule has 0 saturated carbocycles. The van der Waals surface area contributed by atoms with E-state index in [4.69, 9.17) is 11.6 Å². The van der Waals surface area contributed by atoms with E-state index in [-0.39, 0.29) is 21.2 Å². The van der Waals surface area contributed by atoms with Crippen LogP contribution in [0.5, 0.6) is 0 Å². The highest BCUT2D eigenvalue weighted by Gasteiger charge is 2.16. The minimum Gasteiger partial charge on any atom is -0.322 e. The van der Waals surface area contributed by atoms with Crippen molar-refractivity contribution in [2.45, 2.75) is 11.8 Å². The monoisotopic (exact) mass is 359 g/mol. The largest absolute Gasteiger partial charge is 0.322 e. The van der Waals surface area contributed by atoms with Gasteiger partial charge in [0.25, 0.3) is 5.91 Å². The molecule has 0 spiro atoms. The third kappa shape index (κ3) is 3.86. The molecule has 0 radical (unpaired) electrons. The van der Waals surface area contributed by atoms with E-state index < -0.39 is 27.4 Å². The van der Waals surface area contributed by atoms with E-state index in [1.54, 1.807) is 0 Å². The van der Waals surface area contributed by atoms with Gasteiger partial charge >= 0.3 is 0 Å². The van der Waals surface area contributed by atoms with E-state index in [0.29, 0.717) is 17.8 Å². The minimum absolute atomic E-state index is 0.0385. The molecule has 0 saturated heterocycles. The molecular formula is C15H12ClF2NO3S. The smallest absolute Gasteiger partial charge is 0.257 e. The van der Waals surface area contributed by atoms with Gasteiger partial charge in [-0.15, -0.1) is 0 Å². The van der Waals surface area contributed by atoms with Crippen molar-refractivity contribution in [2.24, 2.45) is 0 Å². The van der Waals surface area contributed by atoms with Gasteiger partial charge in [0.1, 0.15) is 0 Å². The summed E-state index contributed by atoms with van der Waals surface area (Å²) in [6, 6.07) is 6.90. The van der Waals surface area contributed by atoms with Crippen molar-refractivity contribution in [3.05, 3.63) is 58.6 Å². The highest BCUT2D eigenvalue weighted by atomic mass is 35.5. The molecular weight excluding hydrogens is 348 g/mol. The Kier molecular flexibility index (Phi) is 5.01. The van der Waals surface area contributed by atoms with Gasteiger partial charge in [0.15, 0.2) is 21.5 Å². The fourth-order valence-corrected chi connectivity index (χ4v) is 2.93. The predicted octanol–water partition coefficient (Wildman–Crippen LogP) is 3.66. The van der Waals surface area contributed by atoms with Crippen molar-refractivity contribution >= 4 is 33.0 Å². The van der Waals surface area contributed by atoms with Crippen LogP contribution in [-0.4, -0.2) is 20.1 Å². The molecule has 1 N–H and O–H groups in total. The molecule has 1 amide bonds. The van der Waals surface area contributed by atoms with Gasteiger partial charge in [-0.3, -0.25) is 4.79 Å². The first-order chi connectivity index (χ1) is 10.7. The number of halogens is 3. The predicted molar refractivity (Wildman–Crippen MR) is 83.5 cm³/mol. The summed E-state index contributed by atoms with van der Waals surface area (Å²) < 4.78 is 49.6. The van der Waals surface area contributed by atoms with E-state index >= 15 is 0 Å². The number of anilines is 1. The van der Waals surface area contributed by atoms with E-state index in [1.807, 2.05) is 0 Å². The van der Waals surface area contributed by atoms with Crippen LogP contribution in [0.15, 0.2) is 41.3 Å². The molecule has 0 unspecified atom stereocenters. The van der Waals surface area contributed by atoms with Gasteiger partial charge in [-0.2, -0.15) is 0 Å². The number of carbonyl (C=O) groups is 1. The Balaban J connectivity index is 2.23. The molecule has 0 aliphatic rings. The molecule has 0 aliphatic carbocycles. The van der Waals surface area contributed by atoms with Gasteiger partial charge in [0.05, 0.1) is 21.2 Å². The summed E-state index contributed by atoms with van der Waals surface area (Å²) in [5, 5.41) is 2.21. The van der Waals surface area contributed by atoms with Crippen molar-refractivity contribution in [2.75, 3.05) is 11.1 Å². The summed E-state index contributed by atoms with van der Waals surface area (Å²) in [7, 11) is -3.34. The Morgan fingerprint density at radius 1 is 1.13 bits per heavy atom. The topological polar surface area (TPSA) is 63.2 Å². The van der Waals surface area contributed by atoms with E-state index in [0.717, 1.165) is 0 Å². The number of hydrogen-bond donors (Lipinski definition) is 1. The van der Waals surface area contributed by atoms with E-state index in [2.05, 4.69) is 5.32 Å². The quantitative estimate of drug-likeness (QED) is 0.847. The Labute approximate surface area is 137 Å². The van der Waals surface area contributed by atoms with Crippen molar-refractivity contribution in [3.63, 3.8) is 0 Å². The Morgan fingerprint density at radius 3 is 2.26 bits per heavy atom. The second kappa shape index (κ2) is 6.64. The molecule has 2 rings (SSSR count). The standard InChI is InChI=1S/C15H12ClF2NO3S/c1-2-23(21,22)10-5-3-9(4-6-10)19-15(20)11-7-13(17)14(18)8-12(11)16/h3-8H,2H2,1H3,(H,19,20). The van der Waals surface area contributed by atoms with Gasteiger partial charge in [-0.1, -0.05) is 18.5 Å². The van der Waals surface area contributed by atoms with Crippen molar-refractivity contribution in [1.82, 2.24) is 0 Å². The van der Waals surface area contributed by atoms with Crippen LogP contribution in [0.3, 0.4) is 0 Å². The summed E-state index contributed by atoms with van der Waals surface area (Å²) in [5.74, 6) is -3.12. The molecule has 0 atom stereocenters. The number of benzene rings is 2. The number of hydrogen-bond acceptors (Lipinski definition) is 3. The Hall–Kier alpha value is -1.99. The first kappa shape index (κ1) is 17.4. The van der Waals surface area contributed by atoms with Gasteiger partial charge in [0, 0.05) is 5.69 Å². The summed E-state index contributed by atoms with van der Waals surface area (Å²) in [6.07, 6.45) is 0. The maximum absolute atomic E-state index is 13.2. The SMILES string of the molecule is CCS(=O)(=O)c1ccc(NC(=O)c2cc(F)c(F)cc2Cl)cc1. The second-order valence-electron chi connectivity index (χ2n) is 4.63. The highest BCUT2D eigenvalue weighted by molar-refractivity contribution is 7.91. The van der Waals surface area contributed by atoms with Gasteiger partial charge in [0.2, 0.25) is 0 Å². The van der Waals surface area contributed by atoms with E-state index in [9.17, 15) is 22.0 Å². The molecule has 4 nitrogen and oxygen atoms in total. The normalized spacial score (nSPS) is 11.3. The van der Waals surface area contributed by atoms with Crippen LogP contribution in [0, 0.1) is 11.6 Å². The molecule has 122 valence electrons. The molecule has 0 fully saturated rings. The zero-order chi connectivity index (χ0) is 17.2. The third-order valence-corrected chi connectivity index (χ3v) is 5.17. The minimum atomic E-state index is -3.34. The average molecular weight is 360 g/mol. The molecule has 0 bridgehead atoms. The molecule has 0 heterocycles. The fourth-order valence-electron chi connectivity index (χ4n) is 1.81. The van der Waals surface area contributed by atoms with Crippen LogP contribution in [0.1, 0.15) is 17.3 Å². The maximum Gasteiger partial charge on any atom is 0.257 e. The summed E-state index contributed by atoms with van der Waals surface area (Å²) in [6.45, 7) is 1.52. The zero-order valence-electron chi connectivity index (χ0n) is 11.9. The summed E-state index contributed by atoms with van der Waals surface area (Å²) in [5.41, 5.74) is 0.0710. The lowest BCUT2D eigenvalue weighted by Crippen LogP contribution is -2.13. The lowest BCUT2D eigenvalue weighted by molar-refractivity contribution is 0.102. The maximum atomic E-state index is 13.2. The number of sulfone groups is 1. The lowest BCUT2D eigenvalue weighted by atomic mass is 10.2. The summed E-state index contributed by atoms with van der Waals surface area (Å²) in [4.78, 5) is 12.2. The summed E-state index contributed by atoms with van der Waals surface area (Å²) >= 11 is 5.72. The van der Waals surface area contributed by atoms with Crippen molar-refractivity contribution in [1.29, 1.82) is 0 Å². The van der Waals surface area contributed by atoms with Gasteiger partial charge < -0.3 is 5.32 Å². The molecule has 8 heteroatoms. The van der Waals surface area contributed by atoms with Crippen LogP contribution in [-0.2, 0) is 9.84 Å². The van der Waals surface area contributed by atoms with Crippen LogP contribution in [0.4, 0.5) is 14.5 Å². The zero-order valence-corrected chi connectivity index (χ0v) is 13.5. The van der Waals surface area contributed by atoms with Crippen LogP contribution in [0.2, 0.25) is 5.02 Å². The lowest BCUT2D eigenvalue weighted by Gasteiger charge is -2.08. The fraction of sp³-hybridized carbons (Fsp3) is 0.133. The number of rotatable bonds is 4. The first-order valence-electron chi connectivity index (χ1n) is 6.53. The highest BCUT2D eigenvalue weighted by Crippen LogP contribution is 2.22. The van der Waals surface area contributed by atoms with Gasteiger partial charge in [-0.25, -0.2) is 17.2 Å². The van der Waals surface area contributed by atoms with Gasteiger partial charge in [-0.05, 0) is 36.4 Å². The van der Waals surface area contributed by atoms with Crippen LogP contribution >= 0.6 is 11.6 Å². The first-order valence-corrected chi connectivity index (χ1v) is 8.56. The number of nitrogens with one attached hydrogen (secondary N) is 1. The number of carbonyl (C=O) groups excluding carboxylic acids is 1.